The second-order valence-corrected chi connectivity index (χ2v) is 6.17. The summed E-state index contributed by atoms with van der Waals surface area (Å²) in [4.78, 5) is 42.5. The molecule has 0 aliphatic rings. The fourth-order valence-electron chi connectivity index (χ4n) is 2.67. The molecule has 2 aromatic rings. The lowest BCUT2D eigenvalue weighted by Crippen LogP contribution is -2.51. The molecule has 0 fully saturated rings. The number of aryl methyl sites for hydroxylation is 1. The van der Waals surface area contributed by atoms with Gasteiger partial charge in [0, 0.05) is 30.0 Å². The summed E-state index contributed by atoms with van der Waals surface area (Å²) >= 11 is 0. The van der Waals surface area contributed by atoms with E-state index >= 15 is 0 Å². The molecule has 0 spiro atoms. The average Bonchev–Trinajstić information content (AvgIpc) is 2.61. The van der Waals surface area contributed by atoms with Gasteiger partial charge in [-0.05, 0) is 38.0 Å². The number of aromatic nitrogens is 2. The van der Waals surface area contributed by atoms with Crippen LogP contribution in [0.25, 0.3) is 11.0 Å². The van der Waals surface area contributed by atoms with E-state index in [2.05, 4.69) is 4.98 Å². The van der Waals surface area contributed by atoms with Crippen molar-refractivity contribution in [2.24, 2.45) is 0 Å². The lowest BCUT2D eigenvalue weighted by molar-refractivity contribution is -0.129. The normalized spacial score (nSPS) is 10.8. The first-order chi connectivity index (χ1) is 12.0. The van der Waals surface area contributed by atoms with Gasteiger partial charge in [-0.2, -0.15) is 9.69 Å². The third-order valence-corrected chi connectivity index (χ3v) is 4.08. The Balaban J connectivity index is 2.62. The van der Waals surface area contributed by atoms with E-state index in [0.717, 1.165) is 27.9 Å². The molecule has 0 aromatic carbocycles. The third-order valence-electron chi connectivity index (χ3n) is 4.08. The predicted molar refractivity (Wildman–Crippen MR) is 98.0 cm³/mol. The van der Waals surface area contributed by atoms with Crippen LogP contribution in [0.1, 0.15) is 57.9 Å². The van der Waals surface area contributed by atoms with Crippen LogP contribution in [0.5, 0.6) is 0 Å². The molecule has 2 heterocycles. The van der Waals surface area contributed by atoms with Gasteiger partial charge in [0.1, 0.15) is 0 Å². The maximum absolute atomic E-state index is 12.8. The highest BCUT2D eigenvalue weighted by Crippen LogP contribution is 2.13. The number of carbonyl (C=O) groups excluding carboxylic acids is 2. The van der Waals surface area contributed by atoms with Gasteiger partial charge < -0.3 is 0 Å². The Bertz CT molecular complexity index is 806. The van der Waals surface area contributed by atoms with Gasteiger partial charge >= 0.3 is 0 Å². The highest BCUT2D eigenvalue weighted by molar-refractivity contribution is 6.09. The van der Waals surface area contributed by atoms with Crippen LogP contribution in [0.2, 0.25) is 0 Å². The van der Waals surface area contributed by atoms with Crippen molar-refractivity contribution >= 4 is 22.8 Å². The SMILES string of the molecule is CCCCC(=O)N(C(=O)CCCC)n1c(=O)c(C)cc2cccnc21. The third kappa shape index (κ3) is 4.13. The van der Waals surface area contributed by atoms with Crippen LogP contribution in [-0.4, -0.2) is 21.5 Å². The van der Waals surface area contributed by atoms with Crippen molar-refractivity contribution in [3.63, 3.8) is 0 Å². The first kappa shape index (κ1) is 18.8. The quantitative estimate of drug-likeness (QED) is 0.774. The van der Waals surface area contributed by atoms with E-state index in [4.69, 9.17) is 0 Å². The molecular weight excluding hydrogens is 318 g/mol. The Hall–Kier alpha value is -2.50. The van der Waals surface area contributed by atoms with Crippen molar-refractivity contribution in [2.75, 3.05) is 5.01 Å². The highest BCUT2D eigenvalue weighted by Gasteiger charge is 2.26. The maximum Gasteiger partial charge on any atom is 0.274 e. The van der Waals surface area contributed by atoms with E-state index in [1.165, 1.54) is 0 Å². The first-order valence-electron chi connectivity index (χ1n) is 8.84. The van der Waals surface area contributed by atoms with E-state index in [1.807, 2.05) is 19.9 Å². The molecule has 0 atom stereocenters. The molecular formula is C19H25N3O3. The molecule has 0 unspecified atom stereocenters. The molecule has 2 aromatic heterocycles. The molecule has 0 N–H and O–H groups in total. The topological polar surface area (TPSA) is 72.3 Å². The second-order valence-electron chi connectivity index (χ2n) is 6.17. The number of pyridine rings is 2. The first-order valence-corrected chi connectivity index (χ1v) is 8.84. The Morgan fingerprint density at radius 1 is 1.12 bits per heavy atom. The summed E-state index contributed by atoms with van der Waals surface area (Å²) in [6.45, 7) is 5.63. The fraction of sp³-hybridized carbons (Fsp3) is 0.474. The summed E-state index contributed by atoms with van der Waals surface area (Å²) in [7, 11) is 0. The molecule has 6 heteroatoms. The Morgan fingerprint density at radius 2 is 1.72 bits per heavy atom. The minimum absolute atomic E-state index is 0.225. The van der Waals surface area contributed by atoms with Gasteiger partial charge in [-0.1, -0.05) is 26.7 Å². The van der Waals surface area contributed by atoms with Gasteiger partial charge in [0.25, 0.3) is 5.56 Å². The van der Waals surface area contributed by atoms with Crippen LogP contribution >= 0.6 is 0 Å². The zero-order valence-electron chi connectivity index (χ0n) is 15.1. The molecule has 0 radical (unpaired) electrons. The van der Waals surface area contributed by atoms with Gasteiger partial charge in [0.2, 0.25) is 11.8 Å². The van der Waals surface area contributed by atoms with Gasteiger partial charge in [-0.15, -0.1) is 0 Å². The molecule has 134 valence electrons. The molecule has 0 aliphatic heterocycles. The van der Waals surface area contributed by atoms with Crippen molar-refractivity contribution in [3.8, 4) is 0 Å². The predicted octanol–water partition coefficient (Wildman–Crippen LogP) is 3.08. The number of unbranched alkanes of at least 4 members (excludes halogenated alkanes) is 2. The zero-order valence-corrected chi connectivity index (χ0v) is 15.1. The minimum Gasteiger partial charge on any atom is -0.273 e. The smallest absolute Gasteiger partial charge is 0.273 e. The van der Waals surface area contributed by atoms with Crippen molar-refractivity contribution < 1.29 is 9.59 Å². The molecule has 6 nitrogen and oxygen atoms in total. The zero-order chi connectivity index (χ0) is 18.4. The number of carbonyl (C=O) groups is 2. The molecule has 0 bridgehead atoms. The van der Waals surface area contributed by atoms with Crippen LogP contribution in [0.4, 0.5) is 0 Å². The lowest BCUT2D eigenvalue weighted by Gasteiger charge is -2.24. The summed E-state index contributed by atoms with van der Waals surface area (Å²) in [6, 6.07) is 5.31. The number of hydrogen-bond acceptors (Lipinski definition) is 4. The van der Waals surface area contributed by atoms with Gasteiger partial charge in [0.15, 0.2) is 5.65 Å². The summed E-state index contributed by atoms with van der Waals surface area (Å²) in [5.41, 5.74) is 0.408. The molecule has 0 saturated heterocycles. The standard InChI is InChI=1S/C19H25N3O3/c1-4-6-10-16(23)21(17(24)11-7-5-2)22-18-15(9-8-12-20-18)13-14(3)19(22)25/h8-9,12-13H,4-7,10-11H2,1-3H3. The molecule has 0 aliphatic carbocycles. The number of imide groups is 1. The Morgan fingerprint density at radius 3 is 2.28 bits per heavy atom. The average molecular weight is 343 g/mol. The lowest BCUT2D eigenvalue weighted by atomic mass is 10.2. The van der Waals surface area contributed by atoms with Crippen molar-refractivity contribution in [1.82, 2.24) is 9.66 Å². The molecule has 2 rings (SSSR count). The van der Waals surface area contributed by atoms with E-state index in [1.54, 1.807) is 25.3 Å². The fourth-order valence-corrected chi connectivity index (χ4v) is 2.67. The van der Waals surface area contributed by atoms with Gasteiger partial charge in [-0.25, -0.2) is 4.98 Å². The van der Waals surface area contributed by atoms with E-state index in [0.29, 0.717) is 24.1 Å². The van der Waals surface area contributed by atoms with Crippen LogP contribution in [0.3, 0.4) is 0 Å². The Kier molecular flexibility index (Phi) is 6.44. The number of hydrogen-bond donors (Lipinski definition) is 0. The largest absolute Gasteiger partial charge is 0.274 e. The number of amides is 2. The number of rotatable bonds is 7. The Labute approximate surface area is 147 Å². The highest BCUT2D eigenvalue weighted by atomic mass is 16.2. The summed E-state index contributed by atoms with van der Waals surface area (Å²) in [5, 5.41) is 1.73. The minimum atomic E-state index is -0.388. The monoisotopic (exact) mass is 343 g/mol. The number of nitrogens with zero attached hydrogens (tertiary/aromatic N) is 3. The van der Waals surface area contributed by atoms with Gasteiger partial charge in [-0.3, -0.25) is 14.4 Å². The van der Waals surface area contributed by atoms with Crippen LogP contribution in [0, 0.1) is 6.92 Å². The van der Waals surface area contributed by atoms with Crippen molar-refractivity contribution in [2.45, 2.75) is 59.3 Å². The molecule has 2 amide bonds. The van der Waals surface area contributed by atoms with Crippen molar-refractivity contribution in [3.05, 3.63) is 40.3 Å². The second kappa shape index (κ2) is 8.55. The van der Waals surface area contributed by atoms with E-state index in [9.17, 15) is 14.4 Å². The van der Waals surface area contributed by atoms with Crippen LogP contribution in [0.15, 0.2) is 29.2 Å². The maximum atomic E-state index is 12.8. The summed E-state index contributed by atoms with van der Waals surface area (Å²) in [5.74, 6) is -0.717. The molecule has 0 saturated carbocycles. The number of fused-ring (bicyclic) bond motifs is 1. The van der Waals surface area contributed by atoms with Gasteiger partial charge in [0.05, 0.1) is 0 Å². The van der Waals surface area contributed by atoms with Crippen molar-refractivity contribution in [1.29, 1.82) is 0 Å². The summed E-state index contributed by atoms with van der Waals surface area (Å²) < 4.78 is 1.15. The summed E-state index contributed by atoms with van der Waals surface area (Å²) in [6.07, 6.45) is 5.02. The van der Waals surface area contributed by atoms with Crippen LogP contribution < -0.4 is 10.6 Å². The van der Waals surface area contributed by atoms with E-state index < -0.39 is 0 Å². The van der Waals surface area contributed by atoms with Crippen LogP contribution in [-0.2, 0) is 9.59 Å². The molecule has 25 heavy (non-hydrogen) atoms. The van der Waals surface area contributed by atoms with E-state index in [-0.39, 0.29) is 30.2 Å².